The highest BCUT2D eigenvalue weighted by molar-refractivity contribution is 5.70. The first kappa shape index (κ1) is 17.4. The van der Waals surface area contributed by atoms with Crippen molar-refractivity contribution in [2.75, 3.05) is 12.3 Å². The standard InChI is InChI=1S/C15H21N5O5/c1-7(2)3-11(22)24-5-9-8(21)4-10(25-9)20-6-17-12-13(20)18-15(16)19-14(12)23/h6-10,21H,3-5H2,1-2H3,(H3,16,18,19,23)/t8-,9?,10?/m0/s1. The molecule has 0 spiro atoms. The van der Waals surface area contributed by atoms with Gasteiger partial charge in [0.15, 0.2) is 11.2 Å². The molecule has 10 heteroatoms. The van der Waals surface area contributed by atoms with Gasteiger partial charge in [0.05, 0.1) is 12.4 Å². The van der Waals surface area contributed by atoms with Crippen molar-refractivity contribution in [2.24, 2.45) is 5.92 Å². The van der Waals surface area contributed by atoms with E-state index in [1.54, 1.807) is 4.57 Å². The van der Waals surface area contributed by atoms with Crippen LogP contribution in [0, 0.1) is 5.92 Å². The number of aliphatic hydroxyl groups is 1. The third kappa shape index (κ3) is 3.64. The smallest absolute Gasteiger partial charge is 0.306 e. The van der Waals surface area contributed by atoms with Gasteiger partial charge in [0.25, 0.3) is 5.56 Å². The fraction of sp³-hybridized carbons (Fsp3) is 0.600. The third-order valence-corrected chi connectivity index (χ3v) is 3.95. The van der Waals surface area contributed by atoms with E-state index in [1.165, 1.54) is 6.33 Å². The van der Waals surface area contributed by atoms with Crippen LogP contribution < -0.4 is 11.3 Å². The highest BCUT2D eigenvalue weighted by atomic mass is 16.6. The monoisotopic (exact) mass is 351 g/mol. The number of nitrogen functional groups attached to an aromatic ring is 1. The Balaban J connectivity index is 1.71. The molecule has 0 bridgehead atoms. The average Bonchev–Trinajstić information content (AvgIpc) is 3.08. The predicted molar refractivity (Wildman–Crippen MR) is 87.5 cm³/mol. The minimum absolute atomic E-state index is 0.0306. The molecule has 4 N–H and O–H groups in total. The van der Waals surface area contributed by atoms with Crippen molar-refractivity contribution in [2.45, 2.75) is 45.1 Å². The number of aromatic nitrogens is 4. The molecule has 0 radical (unpaired) electrons. The van der Waals surface area contributed by atoms with Crippen LogP contribution in [0.5, 0.6) is 0 Å². The molecule has 2 aromatic rings. The summed E-state index contributed by atoms with van der Waals surface area (Å²) >= 11 is 0. The molecule has 1 aliphatic heterocycles. The minimum Gasteiger partial charge on any atom is -0.463 e. The fourth-order valence-electron chi connectivity index (χ4n) is 2.76. The van der Waals surface area contributed by atoms with Crippen LogP contribution in [0.15, 0.2) is 11.1 Å². The Morgan fingerprint density at radius 1 is 1.60 bits per heavy atom. The number of aliphatic hydroxyl groups excluding tert-OH is 1. The zero-order chi connectivity index (χ0) is 18.1. The SMILES string of the molecule is CC(C)CC(=O)OCC1OC(n2cnc3c(=O)[nH]c(N)nc32)C[C@@H]1O. The fourth-order valence-corrected chi connectivity index (χ4v) is 2.76. The van der Waals surface area contributed by atoms with Crippen molar-refractivity contribution >= 4 is 23.1 Å². The Hall–Kier alpha value is -2.46. The summed E-state index contributed by atoms with van der Waals surface area (Å²) in [6, 6.07) is 0. The Kier molecular flexibility index (Phi) is 4.73. The van der Waals surface area contributed by atoms with Crippen LogP contribution in [0.25, 0.3) is 11.2 Å². The van der Waals surface area contributed by atoms with E-state index < -0.39 is 24.0 Å². The molecular formula is C15H21N5O5. The Morgan fingerprint density at radius 2 is 2.36 bits per heavy atom. The number of fused-ring (bicyclic) bond motifs is 1. The molecule has 3 heterocycles. The maximum atomic E-state index is 11.8. The summed E-state index contributed by atoms with van der Waals surface area (Å²) in [6.45, 7) is 3.80. The number of imidazole rings is 1. The molecule has 0 amide bonds. The first-order valence-corrected chi connectivity index (χ1v) is 8.06. The number of ether oxygens (including phenoxy) is 2. The topological polar surface area (TPSA) is 145 Å². The van der Waals surface area contributed by atoms with Crippen LogP contribution >= 0.6 is 0 Å². The zero-order valence-electron chi connectivity index (χ0n) is 14.0. The van der Waals surface area contributed by atoms with Gasteiger partial charge >= 0.3 is 5.97 Å². The molecular weight excluding hydrogens is 330 g/mol. The molecule has 1 saturated heterocycles. The molecule has 2 unspecified atom stereocenters. The maximum absolute atomic E-state index is 11.8. The summed E-state index contributed by atoms with van der Waals surface area (Å²) in [6.07, 6.45) is -0.0675. The lowest BCUT2D eigenvalue weighted by Gasteiger charge is -2.16. The minimum atomic E-state index is -0.811. The van der Waals surface area contributed by atoms with Gasteiger partial charge in [-0.15, -0.1) is 0 Å². The van der Waals surface area contributed by atoms with E-state index in [2.05, 4.69) is 15.0 Å². The maximum Gasteiger partial charge on any atom is 0.306 e. The largest absolute Gasteiger partial charge is 0.463 e. The van der Waals surface area contributed by atoms with Crippen molar-refractivity contribution in [3.05, 3.63) is 16.7 Å². The molecule has 3 rings (SSSR count). The summed E-state index contributed by atoms with van der Waals surface area (Å²) in [7, 11) is 0. The molecule has 1 fully saturated rings. The van der Waals surface area contributed by atoms with Crippen LogP contribution in [-0.2, 0) is 14.3 Å². The summed E-state index contributed by atoms with van der Waals surface area (Å²) in [4.78, 5) is 33.9. The van der Waals surface area contributed by atoms with E-state index in [0.717, 1.165) is 0 Å². The number of rotatable bonds is 5. The second kappa shape index (κ2) is 6.81. The quantitative estimate of drug-likeness (QED) is 0.635. The number of H-pyrrole nitrogens is 1. The van der Waals surface area contributed by atoms with Crippen LogP contribution in [0.2, 0.25) is 0 Å². The number of anilines is 1. The summed E-state index contributed by atoms with van der Waals surface area (Å²) < 4.78 is 12.5. The predicted octanol–water partition coefficient (Wildman–Crippen LogP) is -0.0605. The Morgan fingerprint density at radius 3 is 3.08 bits per heavy atom. The third-order valence-electron chi connectivity index (χ3n) is 3.95. The second-order valence-electron chi connectivity index (χ2n) is 6.49. The molecule has 2 aromatic heterocycles. The number of esters is 1. The number of carbonyl (C=O) groups excluding carboxylic acids is 1. The number of nitrogens with two attached hydrogens (primary N) is 1. The lowest BCUT2D eigenvalue weighted by atomic mass is 10.1. The molecule has 1 aliphatic rings. The Labute approximate surface area is 143 Å². The number of nitrogens with one attached hydrogen (secondary N) is 1. The zero-order valence-corrected chi connectivity index (χ0v) is 14.0. The van der Waals surface area contributed by atoms with Crippen LogP contribution in [0.4, 0.5) is 5.95 Å². The van der Waals surface area contributed by atoms with Crippen molar-refractivity contribution in [1.29, 1.82) is 0 Å². The molecule has 10 nitrogen and oxygen atoms in total. The molecule has 0 saturated carbocycles. The van der Waals surface area contributed by atoms with Crippen molar-refractivity contribution in [3.63, 3.8) is 0 Å². The van der Waals surface area contributed by atoms with E-state index in [9.17, 15) is 14.7 Å². The first-order chi connectivity index (χ1) is 11.8. The van der Waals surface area contributed by atoms with Gasteiger partial charge in [-0.3, -0.25) is 19.1 Å². The molecule has 0 aliphatic carbocycles. The van der Waals surface area contributed by atoms with Gasteiger partial charge in [0.2, 0.25) is 5.95 Å². The van der Waals surface area contributed by atoms with Gasteiger partial charge in [-0.05, 0) is 5.92 Å². The Bertz CT molecular complexity index is 829. The molecule has 136 valence electrons. The van der Waals surface area contributed by atoms with Crippen molar-refractivity contribution < 1.29 is 19.4 Å². The highest BCUT2D eigenvalue weighted by Gasteiger charge is 2.36. The van der Waals surface area contributed by atoms with Crippen LogP contribution in [-0.4, -0.2) is 49.4 Å². The summed E-state index contributed by atoms with van der Waals surface area (Å²) in [5.74, 6) is -0.165. The van der Waals surface area contributed by atoms with Gasteiger partial charge in [-0.25, -0.2) is 4.98 Å². The molecule has 0 aromatic carbocycles. The number of hydrogen-bond donors (Lipinski definition) is 3. The van der Waals surface area contributed by atoms with Gasteiger partial charge in [0.1, 0.15) is 18.9 Å². The molecule has 25 heavy (non-hydrogen) atoms. The number of nitrogens with zero attached hydrogens (tertiary/aromatic N) is 3. The lowest BCUT2D eigenvalue weighted by Crippen LogP contribution is -2.28. The lowest BCUT2D eigenvalue weighted by molar-refractivity contribution is -0.150. The van der Waals surface area contributed by atoms with Crippen molar-refractivity contribution in [1.82, 2.24) is 19.5 Å². The van der Waals surface area contributed by atoms with Crippen LogP contribution in [0.3, 0.4) is 0 Å². The number of carbonyl (C=O) groups is 1. The van der Waals surface area contributed by atoms with Gasteiger partial charge in [-0.1, -0.05) is 13.8 Å². The van der Waals surface area contributed by atoms with E-state index in [4.69, 9.17) is 15.2 Å². The van der Waals surface area contributed by atoms with E-state index in [0.29, 0.717) is 6.42 Å². The summed E-state index contributed by atoms with van der Waals surface area (Å²) in [5.41, 5.74) is 5.54. The first-order valence-electron chi connectivity index (χ1n) is 8.06. The van der Waals surface area contributed by atoms with E-state index >= 15 is 0 Å². The number of aromatic amines is 1. The highest BCUT2D eigenvalue weighted by Crippen LogP contribution is 2.30. The second-order valence-corrected chi connectivity index (χ2v) is 6.49. The van der Waals surface area contributed by atoms with E-state index in [1.807, 2.05) is 13.8 Å². The van der Waals surface area contributed by atoms with Gasteiger partial charge in [-0.2, -0.15) is 4.98 Å². The average molecular weight is 351 g/mol. The van der Waals surface area contributed by atoms with Crippen LogP contribution in [0.1, 0.15) is 32.9 Å². The van der Waals surface area contributed by atoms with Gasteiger partial charge < -0.3 is 20.3 Å². The summed E-state index contributed by atoms with van der Waals surface area (Å²) in [5, 5.41) is 10.2. The van der Waals surface area contributed by atoms with Crippen molar-refractivity contribution in [3.8, 4) is 0 Å². The molecule has 3 atom stereocenters. The normalized spacial score (nSPS) is 23.4. The van der Waals surface area contributed by atoms with E-state index in [-0.39, 0.29) is 42.0 Å². The number of hydrogen-bond acceptors (Lipinski definition) is 8. The van der Waals surface area contributed by atoms with Gasteiger partial charge in [0, 0.05) is 12.8 Å².